The van der Waals surface area contributed by atoms with Crippen LogP contribution in [0.2, 0.25) is 5.02 Å². The number of ether oxygens (including phenoxy) is 2. The number of nitrogen functional groups attached to an aromatic ring is 1. The van der Waals surface area contributed by atoms with Crippen LogP contribution in [-0.2, 0) is 9.53 Å². The summed E-state index contributed by atoms with van der Waals surface area (Å²) in [6.07, 6.45) is 0. The van der Waals surface area contributed by atoms with Gasteiger partial charge in [-0.2, -0.15) is 0 Å². The van der Waals surface area contributed by atoms with Crippen LogP contribution in [-0.4, -0.2) is 24.7 Å². The maximum absolute atomic E-state index is 11.4. The number of benzene rings is 2. The molecule has 0 saturated heterocycles. The first kappa shape index (κ1) is 16.1. The number of halogens is 1. The van der Waals surface area contributed by atoms with Crippen molar-refractivity contribution in [3.05, 3.63) is 53.6 Å². The first-order chi connectivity index (χ1) is 11.6. The normalized spacial score (nSPS) is 10.6. The van der Waals surface area contributed by atoms with E-state index in [9.17, 15) is 4.79 Å². The number of anilines is 1. The Morgan fingerprint density at radius 3 is 2.62 bits per heavy atom. The second kappa shape index (κ2) is 6.76. The zero-order valence-electron chi connectivity index (χ0n) is 13.0. The Morgan fingerprint density at radius 1 is 1.17 bits per heavy atom. The molecule has 2 aromatic carbocycles. The molecule has 0 radical (unpaired) electrons. The number of esters is 1. The van der Waals surface area contributed by atoms with Crippen LogP contribution in [0.4, 0.5) is 5.69 Å². The fourth-order valence-corrected chi connectivity index (χ4v) is 2.42. The lowest BCUT2D eigenvalue weighted by Crippen LogP contribution is -2.12. The first-order valence-corrected chi connectivity index (χ1v) is 7.60. The molecule has 0 unspecified atom stereocenters. The number of fused-ring (bicyclic) bond motifs is 1. The zero-order chi connectivity index (χ0) is 17.1. The maximum Gasteiger partial charge on any atom is 0.343 e. The summed E-state index contributed by atoms with van der Waals surface area (Å²) in [4.78, 5) is 16.0. The lowest BCUT2D eigenvalue weighted by atomic mass is 10.1. The maximum atomic E-state index is 11.4. The SMILES string of the molecule is COC(=O)COc1cc(-c2ccc(Cl)cc2)nc2ccc(N)cc12. The van der Waals surface area contributed by atoms with E-state index >= 15 is 0 Å². The fourth-order valence-electron chi connectivity index (χ4n) is 2.30. The van der Waals surface area contributed by atoms with Crippen molar-refractivity contribution in [2.24, 2.45) is 0 Å². The van der Waals surface area contributed by atoms with E-state index in [0.717, 1.165) is 16.5 Å². The second-order valence-electron chi connectivity index (χ2n) is 5.15. The van der Waals surface area contributed by atoms with Crippen molar-refractivity contribution in [3.63, 3.8) is 0 Å². The average Bonchev–Trinajstić information content (AvgIpc) is 2.60. The molecule has 6 heteroatoms. The molecule has 0 aliphatic carbocycles. The van der Waals surface area contributed by atoms with Gasteiger partial charge in [0.15, 0.2) is 6.61 Å². The summed E-state index contributed by atoms with van der Waals surface area (Å²) < 4.78 is 10.2. The van der Waals surface area contributed by atoms with Crippen LogP contribution in [0.15, 0.2) is 48.5 Å². The molecule has 2 N–H and O–H groups in total. The molecule has 3 aromatic rings. The molecule has 24 heavy (non-hydrogen) atoms. The van der Waals surface area contributed by atoms with Gasteiger partial charge >= 0.3 is 5.97 Å². The summed E-state index contributed by atoms with van der Waals surface area (Å²) in [5.41, 5.74) is 8.76. The van der Waals surface area contributed by atoms with E-state index in [2.05, 4.69) is 9.72 Å². The first-order valence-electron chi connectivity index (χ1n) is 7.22. The summed E-state index contributed by atoms with van der Waals surface area (Å²) in [5, 5.41) is 1.38. The molecular formula is C18H15ClN2O3. The number of methoxy groups -OCH3 is 1. The van der Waals surface area contributed by atoms with Gasteiger partial charge in [-0.1, -0.05) is 23.7 Å². The lowest BCUT2D eigenvalue weighted by molar-refractivity contribution is -0.142. The number of pyridine rings is 1. The van der Waals surface area contributed by atoms with Crippen LogP contribution in [0.25, 0.3) is 22.2 Å². The van der Waals surface area contributed by atoms with E-state index in [1.54, 1.807) is 30.3 Å². The quantitative estimate of drug-likeness (QED) is 0.578. The highest BCUT2D eigenvalue weighted by Crippen LogP contribution is 2.31. The number of carbonyl (C=O) groups excluding carboxylic acids is 1. The van der Waals surface area contributed by atoms with Crippen molar-refractivity contribution in [2.45, 2.75) is 0 Å². The molecule has 0 atom stereocenters. The van der Waals surface area contributed by atoms with Gasteiger partial charge in [0.25, 0.3) is 0 Å². The molecule has 5 nitrogen and oxygen atoms in total. The minimum absolute atomic E-state index is 0.190. The van der Waals surface area contributed by atoms with Gasteiger partial charge in [0.1, 0.15) is 5.75 Å². The molecule has 1 aromatic heterocycles. The highest BCUT2D eigenvalue weighted by Gasteiger charge is 2.11. The predicted molar refractivity (Wildman–Crippen MR) is 94.1 cm³/mol. The number of nitrogens with zero attached hydrogens (tertiary/aromatic N) is 1. The van der Waals surface area contributed by atoms with Gasteiger partial charge in [-0.05, 0) is 30.3 Å². The standard InChI is InChI=1S/C18H15ClN2O3/c1-23-18(22)10-24-17-9-16(11-2-4-12(19)5-3-11)21-15-7-6-13(20)8-14(15)17/h2-9H,10,20H2,1H3. The van der Waals surface area contributed by atoms with Crippen LogP contribution in [0.5, 0.6) is 5.75 Å². The highest BCUT2D eigenvalue weighted by atomic mass is 35.5. The molecule has 0 amide bonds. The van der Waals surface area contributed by atoms with E-state index < -0.39 is 5.97 Å². The van der Waals surface area contributed by atoms with E-state index in [1.165, 1.54) is 7.11 Å². The molecule has 0 bridgehead atoms. The fraction of sp³-hybridized carbons (Fsp3) is 0.111. The Kier molecular flexibility index (Phi) is 4.53. The minimum atomic E-state index is -0.461. The van der Waals surface area contributed by atoms with Crippen molar-refractivity contribution in [2.75, 3.05) is 19.5 Å². The topological polar surface area (TPSA) is 74.4 Å². The Labute approximate surface area is 144 Å². The largest absolute Gasteiger partial charge is 0.481 e. The molecule has 0 spiro atoms. The van der Waals surface area contributed by atoms with Crippen molar-refractivity contribution in [3.8, 4) is 17.0 Å². The third kappa shape index (κ3) is 3.41. The van der Waals surface area contributed by atoms with Gasteiger partial charge in [0, 0.05) is 27.7 Å². The minimum Gasteiger partial charge on any atom is -0.481 e. The van der Waals surface area contributed by atoms with Crippen molar-refractivity contribution >= 4 is 34.2 Å². The van der Waals surface area contributed by atoms with Crippen molar-refractivity contribution in [1.82, 2.24) is 4.98 Å². The van der Waals surface area contributed by atoms with Crippen molar-refractivity contribution in [1.29, 1.82) is 0 Å². The van der Waals surface area contributed by atoms with Crippen LogP contribution in [0, 0.1) is 0 Å². The lowest BCUT2D eigenvalue weighted by Gasteiger charge is -2.11. The molecule has 0 fully saturated rings. The van der Waals surface area contributed by atoms with Crippen molar-refractivity contribution < 1.29 is 14.3 Å². The Balaban J connectivity index is 2.09. The van der Waals surface area contributed by atoms with Crippen LogP contribution >= 0.6 is 11.6 Å². The molecule has 0 aliphatic heterocycles. The Bertz CT molecular complexity index is 895. The number of rotatable bonds is 4. The van der Waals surface area contributed by atoms with Gasteiger partial charge in [-0.3, -0.25) is 0 Å². The number of hydrogen-bond donors (Lipinski definition) is 1. The number of nitrogens with two attached hydrogens (primary N) is 1. The third-order valence-corrected chi connectivity index (χ3v) is 3.76. The predicted octanol–water partition coefficient (Wildman–Crippen LogP) is 3.69. The number of aromatic nitrogens is 1. The summed E-state index contributed by atoms with van der Waals surface area (Å²) in [5.74, 6) is 0.0551. The van der Waals surface area contributed by atoms with Gasteiger partial charge in [0.2, 0.25) is 0 Å². The smallest absolute Gasteiger partial charge is 0.343 e. The average molecular weight is 343 g/mol. The number of hydrogen-bond acceptors (Lipinski definition) is 5. The molecule has 3 rings (SSSR count). The third-order valence-electron chi connectivity index (χ3n) is 3.51. The molecule has 1 heterocycles. The summed E-state index contributed by atoms with van der Waals surface area (Å²) in [6.45, 7) is -0.190. The summed E-state index contributed by atoms with van der Waals surface area (Å²) >= 11 is 5.93. The molecular weight excluding hydrogens is 328 g/mol. The molecule has 122 valence electrons. The zero-order valence-corrected chi connectivity index (χ0v) is 13.7. The van der Waals surface area contributed by atoms with Gasteiger partial charge in [-0.15, -0.1) is 0 Å². The van der Waals surface area contributed by atoms with E-state index in [1.807, 2.05) is 18.2 Å². The Morgan fingerprint density at radius 2 is 1.92 bits per heavy atom. The van der Waals surface area contributed by atoms with Crippen LogP contribution in [0.1, 0.15) is 0 Å². The van der Waals surface area contributed by atoms with E-state index in [4.69, 9.17) is 22.1 Å². The van der Waals surface area contributed by atoms with Gasteiger partial charge in [-0.25, -0.2) is 9.78 Å². The van der Waals surface area contributed by atoms with Gasteiger partial charge in [0.05, 0.1) is 18.3 Å². The summed E-state index contributed by atoms with van der Waals surface area (Å²) in [7, 11) is 1.31. The summed E-state index contributed by atoms with van der Waals surface area (Å²) in [6, 6.07) is 14.5. The molecule has 0 saturated carbocycles. The van der Waals surface area contributed by atoms with Crippen LogP contribution < -0.4 is 10.5 Å². The Hall–Kier alpha value is -2.79. The molecule has 0 aliphatic rings. The van der Waals surface area contributed by atoms with E-state index in [-0.39, 0.29) is 6.61 Å². The van der Waals surface area contributed by atoms with E-state index in [0.29, 0.717) is 22.2 Å². The highest BCUT2D eigenvalue weighted by molar-refractivity contribution is 6.30. The monoisotopic (exact) mass is 342 g/mol. The van der Waals surface area contributed by atoms with Gasteiger partial charge < -0.3 is 15.2 Å². The number of carbonyl (C=O) groups is 1. The van der Waals surface area contributed by atoms with Crippen LogP contribution in [0.3, 0.4) is 0 Å². The second-order valence-corrected chi connectivity index (χ2v) is 5.59.